The maximum atomic E-state index is 13.7. The van der Waals surface area contributed by atoms with Gasteiger partial charge in [-0.15, -0.1) is 0 Å². The Morgan fingerprint density at radius 3 is 2.20 bits per heavy atom. The monoisotopic (exact) mass is 544 g/mol. The summed E-state index contributed by atoms with van der Waals surface area (Å²) in [5.74, 6) is 1.45. The quantitative estimate of drug-likeness (QED) is 0.506. The van der Waals surface area contributed by atoms with Crippen LogP contribution in [0.15, 0.2) is 48.5 Å². The third-order valence-corrected chi connectivity index (χ3v) is 10.2. The van der Waals surface area contributed by atoms with Gasteiger partial charge in [0.15, 0.2) is 0 Å². The number of fused-ring (bicyclic) bond motifs is 1. The molecule has 5 atom stereocenters. The van der Waals surface area contributed by atoms with Crippen molar-refractivity contribution in [3.05, 3.63) is 48.5 Å². The fourth-order valence-electron chi connectivity index (χ4n) is 8.76. The minimum absolute atomic E-state index is 0.0109. The molecule has 2 aromatic rings. The van der Waals surface area contributed by atoms with E-state index >= 15 is 0 Å². The Labute approximate surface area is 238 Å². The van der Waals surface area contributed by atoms with Crippen LogP contribution in [-0.2, 0) is 4.74 Å². The summed E-state index contributed by atoms with van der Waals surface area (Å²) in [7, 11) is 0. The summed E-state index contributed by atoms with van der Waals surface area (Å²) in [6, 6.07) is 17.4. The van der Waals surface area contributed by atoms with E-state index in [0.29, 0.717) is 30.4 Å². The number of carbonyl (C=O) groups excluding carboxylic acids is 1. The molecule has 2 heterocycles. The molecule has 1 saturated heterocycles. The fourth-order valence-corrected chi connectivity index (χ4v) is 8.76. The van der Waals surface area contributed by atoms with Gasteiger partial charge in [-0.2, -0.15) is 0 Å². The number of aliphatic hydroxyl groups is 1. The molecule has 3 unspecified atom stereocenters. The van der Waals surface area contributed by atoms with Gasteiger partial charge in [-0.25, -0.2) is 4.79 Å². The molecule has 0 radical (unpaired) electrons. The number of rotatable bonds is 5. The molecule has 2 N–H and O–H groups in total. The Balaban J connectivity index is 1.03. The summed E-state index contributed by atoms with van der Waals surface area (Å²) in [4.78, 5) is 20.4. The fraction of sp³-hybridized carbons (Fsp3) is 0.606. The first-order chi connectivity index (χ1) is 19.3. The number of urea groups is 1. The van der Waals surface area contributed by atoms with Gasteiger partial charge in [-0.3, -0.25) is 4.90 Å². The van der Waals surface area contributed by atoms with E-state index in [0.717, 1.165) is 81.6 Å². The molecule has 7 heteroatoms. The van der Waals surface area contributed by atoms with Gasteiger partial charge in [0.05, 0.1) is 29.2 Å². The molecule has 8 rings (SSSR count). The molecule has 6 aliphatic rings. The average Bonchev–Trinajstić information content (AvgIpc) is 2.94. The molecular weight excluding hydrogens is 500 g/mol. The van der Waals surface area contributed by atoms with Crippen LogP contribution in [0.3, 0.4) is 0 Å². The van der Waals surface area contributed by atoms with E-state index in [4.69, 9.17) is 4.74 Å². The summed E-state index contributed by atoms with van der Waals surface area (Å²) >= 11 is 0. The molecule has 40 heavy (non-hydrogen) atoms. The van der Waals surface area contributed by atoms with Crippen molar-refractivity contribution in [2.75, 3.05) is 40.9 Å². The van der Waals surface area contributed by atoms with Crippen LogP contribution in [0.25, 0.3) is 0 Å². The second-order valence-electron chi connectivity index (χ2n) is 13.3. The number of anilines is 4. The number of piperidine rings is 1. The first kappa shape index (κ1) is 26.1. The highest BCUT2D eigenvalue weighted by Gasteiger charge is 2.55. The molecule has 4 aliphatic carbocycles. The van der Waals surface area contributed by atoms with E-state index in [1.54, 1.807) is 0 Å². The van der Waals surface area contributed by atoms with Crippen LogP contribution in [0.5, 0.6) is 0 Å². The molecule has 0 aromatic heterocycles. The van der Waals surface area contributed by atoms with Gasteiger partial charge in [-0.05, 0) is 113 Å². The first-order valence-electron chi connectivity index (χ1n) is 15.5. The minimum atomic E-state index is -0.482. The zero-order valence-corrected chi connectivity index (χ0v) is 24.0. The lowest BCUT2D eigenvalue weighted by atomic mass is 9.52. The molecule has 5 fully saturated rings. The Kier molecular flexibility index (Phi) is 6.70. The molecule has 2 amide bonds. The van der Waals surface area contributed by atoms with Crippen molar-refractivity contribution in [1.29, 1.82) is 0 Å². The van der Waals surface area contributed by atoms with Crippen LogP contribution in [-0.4, -0.2) is 61.2 Å². The van der Waals surface area contributed by atoms with Crippen molar-refractivity contribution < 1.29 is 14.6 Å². The molecule has 4 bridgehead atoms. The third-order valence-electron chi connectivity index (χ3n) is 10.2. The van der Waals surface area contributed by atoms with Crippen molar-refractivity contribution in [2.24, 2.45) is 17.8 Å². The van der Waals surface area contributed by atoms with E-state index in [1.165, 1.54) is 5.69 Å². The number of nitrogens with zero attached hydrogens (tertiary/aromatic N) is 3. The van der Waals surface area contributed by atoms with Gasteiger partial charge in [0, 0.05) is 43.6 Å². The zero-order valence-electron chi connectivity index (χ0n) is 24.0. The minimum Gasteiger partial charge on any atom is -0.390 e. The lowest BCUT2D eigenvalue weighted by Crippen LogP contribution is -2.63. The summed E-state index contributed by atoms with van der Waals surface area (Å²) in [6.45, 7) is 7.67. The van der Waals surface area contributed by atoms with E-state index in [-0.39, 0.29) is 18.2 Å². The normalized spacial score (nSPS) is 31.6. The lowest BCUT2D eigenvalue weighted by Gasteiger charge is -2.58. The Hall–Kier alpha value is -2.77. The number of hydrogen-bond acceptors (Lipinski definition) is 5. The Morgan fingerprint density at radius 1 is 0.900 bits per heavy atom. The van der Waals surface area contributed by atoms with E-state index in [2.05, 4.69) is 71.4 Å². The molecule has 0 spiro atoms. The van der Waals surface area contributed by atoms with Crippen molar-refractivity contribution in [3.63, 3.8) is 0 Å². The number of benzene rings is 2. The van der Waals surface area contributed by atoms with Crippen LogP contribution in [0.2, 0.25) is 0 Å². The highest BCUT2D eigenvalue weighted by Crippen LogP contribution is 2.55. The predicted octanol–water partition coefficient (Wildman–Crippen LogP) is 5.69. The van der Waals surface area contributed by atoms with Gasteiger partial charge >= 0.3 is 6.03 Å². The maximum Gasteiger partial charge on any atom is 0.322 e. The zero-order chi connectivity index (χ0) is 27.4. The van der Waals surface area contributed by atoms with E-state index in [1.807, 2.05) is 11.0 Å². The van der Waals surface area contributed by atoms with E-state index in [9.17, 15) is 9.90 Å². The van der Waals surface area contributed by atoms with Gasteiger partial charge in [0.1, 0.15) is 0 Å². The van der Waals surface area contributed by atoms with Crippen LogP contribution in [0.1, 0.15) is 58.8 Å². The van der Waals surface area contributed by atoms with Crippen molar-refractivity contribution >= 4 is 28.8 Å². The second-order valence-corrected chi connectivity index (χ2v) is 13.3. The number of carbonyl (C=O) groups is 1. The maximum absolute atomic E-state index is 13.7. The largest absolute Gasteiger partial charge is 0.390 e. The number of amides is 2. The molecule has 214 valence electrons. The molecule has 4 saturated carbocycles. The van der Waals surface area contributed by atoms with Gasteiger partial charge in [0.2, 0.25) is 0 Å². The number of para-hydroxylation sites is 2. The standard InChI is InChI=1S/C33H44N4O3/c1-22(2)40-28-11-13-35(14-12-28)26-7-9-27(10-8-26)36-15-16-37(30-6-4-3-5-29(30)36)32(38)34-31-24-17-23-18-25(31)21-33(39,19-23)20-24/h3-10,22-25,28,31,39H,11-21H2,1-2H3,(H,34,38)/t23?,24-,25+,31?,33?. The summed E-state index contributed by atoms with van der Waals surface area (Å²) in [6.07, 6.45) is 7.74. The second kappa shape index (κ2) is 10.3. The van der Waals surface area contributed by atoms with Crippen molar-refractivity contribution in [1.82, 2.24) is 5.32 Å². The first-order valence-corrected chi connectivity index (χ1v) is 15.5. The van der Waals surface area contributed by atoms with Crippen LogP contribution in [0, 0.1) is 17.8 Å². The topological polar surface area (TPSA) is 68.3 Å². The van der Waals surface area contributed by atoms with Crippen molar-refractivity contribution in [2.45, 2.75) is 82.6 Å². The average molecular weight is 545 g/mol. The molecule has 7 nitrogen and oxygen atoms in total. The Morgan fingerprint density at radius 2 is 1.55 bits per heavy atom. The van der Waals surface area contributed by atoms with Crippen LogP contribution < -0.4 is 20.0 Å². The summed E-state index contributed by atoms with van der Waals surface area (Å²) in [5.41, 5.74) is 3.97. The Bertz CT molecular complexity index is 1210. The summed E-state index contributed by atoms with van der Waals surface area (Å²) < 4.78 is 6.03. The van der Waals surface area contributed by atoms with Crippen molar-refractivity contribution in [3.8, 4) is 0 Å². The molecule has 2 aliphatic heterocycles. The number of nitrogens with one attached hydrogen (secondary N) is 1. The van der Waals surface area contributed by atoms with Crippen LogP contribution in [0.4, 0.5) is 27.5 Å². The van der Waals surface area contributed by atoms with Crippen LogP contribution >= 0.6 is 0 Å². The van der Waals surface area contributed by atoms with Gasteiger partial charge < -0.3 is 25.0 Å². The smallest absolute Gasteiger partial charge is 0.322 e. The number of ether oxygens (including phenoxy) is 1. The van der Waals surface area contributed by atoms with Gasteiger partial charge in [0.25, 0.3) is 0 Å². The van der Waals surface area contributed by atoms with Gasteiger partial charge in [-0.1, -0.05) is 12.1 Å². The third kappa shape index (κ3) is 4.85. The molecular formula is C33H44N4O3. The SMILES string of the molecule is CC(C)OC1CCN(c2ccc(N3CCN(C(=O)NC4[C@@H]5CC6C[C@H]4CC(O)(C6)C5)c4ccccc43)cc2)CC1. The summed E-state index contributed by atoms with van der Waals surface area (Å²) in [5, 5.41) is 14.4. The number of hydrogen-bond donors (Lipinski definition) is 2. The predicted molar refractivity (Wildman–Crippen MR) is 160 cm³/mol. The lowest BCUT2D eigenvalue weighted by molar-refractivity contribution is -0.136. The van der Waals surface area contributed by atoms with E-state index < -0.39 is 5.60 Å². The molecule has 2 aromatic carbocycles. The highest BCUT2D eigenvalue weighted by atomic mass is 16.5. The highest BCUT2D eigenvalue weighted by molar-refractivity contribution is 5.98.